The summed E-state index contributed by atoms with van der Waals surface area (Å²) in [5, 5.41) is 2.11. The lowest BCUT2D eigenvalue weighted by Crippen LogP contribution is -2.29. The first-order valence-electron chi connectivity index (χ1n) is 8.30. The zero-order chi connectivity index (χ0) is 17.0. The van der Waals surface area contributed by atoms with Crippen molar-refractivity contribution in [3.63, 3.8) is 0 Å². The molecule has 0 fully saturated rings. The Kier molecular flexibility index (Phi) is 2.92. The highest BCUT2D eigenvalue weighted by molar-refractivity contribution is 6.01. The van der Waals surface area contributed by atoms with E-state index in [0.29, 0.717) is 5.56 Å². The molecule has 0 saturated carbocycles. The van der Waals surface area contributed by atoms with Crippen LogP contribution in [-0.4, -0.2) is 13.1 Å². The molecule has 0 atom stereocenters. The SMILES string of the molecule is COC(=O)c1cccc2c1-c1ccc3c(c1=N2)=CCc1ccccc1-3. The molecule has 0 unspecified atom stereocenters. The van der Waals surface area contributed by atoms with Crippen LogP contribution in [0.2, 0.25) is 0 Å². The number of nitrogens with zero attached hydrogens (tertiary/aromatic N) is 1. The fourth-order valence-corrected chi connectivity index (χ4v) is 3.86. The minimum Gasteiger partial charge on any atom is -0.465 e. The van der Waals surface area contributed by atoms with Gasteiger partial charge in [0.2, 0.25) is 0 Å². The van der Waals surface area contributed by atoms with Crippen LogP contribution in [0.25, 0.3) is 28.3 Å². The van der Waals surface area contributed by atoms with Crippen molar-refractivity contribution in [2.45, 2.75) is 6.42 Å². The van der Waals surface area contributed by atoms with Gasteiger partial charge in [-0.25, -0.2) is 9.79 Å². The minimum atomic E-state index is -0.327. The first-order valence-corrected chi connectivity index (χ1v) is 8.30. The molecule has 1 aliphatic heterocycles. The molecule has 0 radical (unpaired) electrons. The van der Waals surface area contributed by atoms with Crippen LogP contribution < -0.4 is 10.6 Å². The van der Waals surface area contributed by atoms with E-state index in [4.69, 9.17) is 9.73 Å². The predicted molar refractivity (Wildman–Crippen MR) is 97.3 cm³/mol. The second kappa shape index (κ2) is 5.15. The topological polar surface area (TPSA) is 38.7 Å². The molecule has 0 bridgehead atoms. The van der Waals surface area contributed by atoms with Crippen LogP contribution in [0.4, 0.5) is 5.69 Å². The maximum absolute atomic E-state index is 12.2. The van der Waals surface area contributed by atoms with Gasteiger partial charge in [-0.1, -0.05) is 48.5 Å². The summed E-state index contributed by atoms with van der Waals surface area (Å²) in [6.07, 6.45) is 3.14. The first kappa shape index (κ1) is 14.2. The third-order valence-corrected chi connectivity index (χ3v) is 5.00. The highest BCUT2D eigenvalue weighted by Crippen LogP contribution is 2.36. The molecule has 2 aliphatic rings. The number of ether oxygens (including phenoxy) is 1. The summed E-state index contributed by atoms with van der Waals surface area (Å²) in [4.78, 5) is 17.0. The highest BCUT2D eigenvalue weighted by Gasteiger charge is 2.24. The Bertz CT molecular complexity index is 1180. The molecular weight excluding hydrogens is 310 g/mol. The molecule has 3 nitrogen and oxygen atoms in total. The third-order valence-electron chi connectivity index (χ3n) is 5.00. The van der Waals surface area contributed by atoms with Crippen molar-refractivity contribution in [3.8, 4) is 22.3 Å². The number of hydrogen-bond donors (Lipinski definition) is 0. The quantitative estimate of drug-likeness (QED) is 0.503. The minimum absolute atomic E-state index is 0.327. The fraction of sp³-hybridized carbons (Fsp3) is 0.0909. The van der Waals surface area contributed by atoms with Gasteiger partial charge < -0.3 is 4.74 Å². The summed E-state index contributed by atoms with van der Waals surface area (Å²) in [6, 6.07) is 18.3. The van der Waals surface area contributed by atoms with E-state index >= 15 is 0 Å². The van der Waals surface area contributed by atoms with Gasteiger partial charge in [0.05, 0.1) is 23.7 Å². The van der Waals surface area contributed by atoms with Crippen LogP contribution in [0.3, 0.4) is 0 Å². The third kappa shape index (κ3) is 1.92. The summed E-state index contributed by atoms with van der Waals surface area (Å²) >= 11 is 0. The van der Waals surface area contributed by atoms with Gasteiger partial charge in [-0.05, 0) is 35.2 Å². The molecule has 3 aromatic rings. The Morgan fingerprint density at radius 1 is 0.960 bits per heavy atom. The van der Waals surface area contributed by atoms with Crippen LogP contribution in [0.15, 0.2) is 59.6 Å². The van der Waals surface area contributed by atoms with Crippen LogP contribution in [0.5, 0.6) is 0 Å². The molecule has 120 valence electrons. The van der Waals surface area contributed by atoms with E-state index in [9.17, 15) is 4.79 Å². The Hall–Kier alpha value is -3.20. The molecule has 1 aliphatic carbocycles. The molecule has 3 heteroatoms. The molecule has 0 spiro atoms. The van der Waals surface area contributed by atoms with E-state index in [1.807, 2.05) is 12.1 Å². The lowest BCUT2D eigenvalue weighted by Gasteiger charge is -2.14. The lowest BCUT2D eigenvalue weighted by atomic mass is 9.89. The van der Waals surface area contributed by atoms with E-state index in [-0.39, 0.29) is 5.97 Å². The number of rotatable bonds is 1. The molecule has 5 rings (SSSR count). The van der Waals surface area contributed by atoms with Gasteiger partial charge in [0.25, 0.3) is 0 Å². The second-order valence-corrected chi connectivity index (χ2v) is 6.29. The van der Waals surface area contributed by atoms with E-state index in [2.05, 4.69) is 42.5 Å². The van der Waals surface area contributed by atoms with E-state index in [1.54, 1.807) is 6.07 Å². The number of hydrogen-bond acceptors (Lipinski definition) is 3. The Labute approximate surface area is 144 Å². The Morgan fingerprint density at radius 3 is 2.68 bits per heavy atom. The molecule has 0 amide bonds. The van der Waals surface area contributed by atoms with Gasteiger partial charge in [0, 0.05) is 16.3 Å². The molecule has 3 aromatic carbocycles. The molecule has 0 aromatic heterocycles. The Morgan fingerprint density at radius 2 is 1.80 bits per heavy atom. The maximum Gasteiger partial charge on any atom is 0.338 e. The predicted octanol–water partition coefficient (Wildman–Crippen LogP) is 3.41. The Balaban J connectivity index is 1.82. The van der Waals surface area contributed by atoms with Crippen LogP contribution in [-0.2, 0) is 11.2 Å². The zero-order valence-corrected chi connectivity index (χ0v) is 13.7. The summed E-state index contributed by atoms with van der Waals surface area (Å²) in [5.74, 6) is -0.327. The average Bonchev–Trinajstić information content (AvgIpc) is 3.06. The van der Waals surface area contributed by atoms with Crippen molar-refractivity contribution >= 4 is 17.7 Å². The summed E-state index contributed by atoms with van der Waals surface area (Å²) in [6.45, 7) is 0. The molecule has 0 saturated heterocycles. The van der Waals surface area contributed by atoms with Crippen LogP contribution in [0.1, 0.15) is 15.9 Å². The smallest absolute Gasteiger partial charge is 0.338 e. The van der Waals surface area contributed by atoms with E-state index in [1.165, 1.54) is 23.8 Å². The van der Waals surface area contributed by atoms with Crippen molar-refractivity contribution < 1.29 is 9.53 Å². The van der Waals surface area contributed by atoms with Crippen LogP contribution >= 0.6 is 0 Å². The first-order chi connectivity index (χ1) is 12.3. The molecule has 1 heterocycles. The highest BCUT2D eigenvalue weighted by atomic mass is 16.5. The van der Waals surface area contributed by atoms with Crippen molar-refractivity contribution in [1.82, 2.24) is 0 Å². The number of carbonyl (C=O) groups is 1. The van der Waals surface area contributed by atoms with Gasteiger partial charge in [0.1, 0.15) is 0 Å². The maximum atomic E-state index is 12.2. The molecular formula is C22H15NO2. The van der Waals surface area contributed by atoms with Gasteiger partial charge in [0.15, 0.2) is 0 Å². The largest absolute Gasteiger partial charge is 0.465 e. The fourth-order valence-electron chi connectivity index (χ4n) is 3.86. The van der Waals surface area contributed by atoms with E-state index < -0.39 is 0 Å². The van der Waals surface area contributed by atoms with Gasteiger partial charge >= 0.3 is 5.97 Å². The van der Waals surface area contributed by atoms with Crippen molar-refractivity contribution in [1.29, 1.82) is 0 Å². The van der Waals surface area contributed by atoms with Crippen molar-refractivity contribution in [2.75, 3.05) is 7.11 Å². The number of benzene rings is 3. The monoisotopic (exact) mass is 325 g/mol. The standard InChI is InChI=1S/C22H15NO2/c1-25-22(24)18-7-4-8-19-20(18)17-12-11-15-14-6-3-2-5-13(14)9-10-16(15)21(17)23-19/h2-8,10-12H,9H2,1H3. The number of carbonyl (C=O) groups excluding carboxylic acids is 1. The van der Waals surface area contributed by atoms with Crippen molar-refractivity contribution in [3.05, 3.63) is 76.3 Å². The van der Waals surface area contributed by atoms with Crippen LogP contribution in [0, 0.1) is 0 Å². The van der Waals surface area contributed by atoms with Gasteiger partial charge in [-0.15, -0.1) is 0 Å². The van der Waals surface area contributed by atoms with Gasteiger partial charge in [-0.3, -0.25) is 0 Å². The number of esters is 1. The van der Waals surface area contributed by atoms with E-state index in [0.717, 1.165) is 33.8 Å². The van der Waals surface area contributed by atoms with Gasteiger partial charge in [-0.2, -0.15) is 0 Å². The summed E-state index contributed by atoms with van der Waals surface area (Å²) in [5.41, 5.74) is 7.08. The summed E-state index contributed by atoms with van der Waals surface area (Å²) < 4.78 is 4.95. The van der Waals surface area contributed by atoms with Crippen molar-refractivity contribution in [2.24, 2.45) is 4.99 Å². The normalized spacial score (nSPS) is 12.8. The second-order valence-electron chi connectivity index (χ2n) is 6.29. The average molecular weight is 325 g/mol. The number of fused-ring (bicyclic) bond motifs is 7. The zero-order valence-electron chi connectivity index (χ0n) is 13.7. The molecule has 25 heavy (non-hydrogen) atoms. The molecule has 0 N–H and O–H groups in total. The number of methoxy groups -OCH3 is 1. The summed E-state index contributed by atoms with van der Waals surface area (Å²) in [7, 11) is 1.41. The lowest BCUT2D eigenvalue weighted by molar-refractivity contribution is 0.0601.